The fraction of sp³-hybridized carbons (Fsp3) is 0.438. The Labute approximate surface area is 141 Å². The average molecular weight is 345 g/mol. The summed E-state index contributed by atoms with van der Waals surface area (Å²) in [7, 11) is -3.18. The first kappa shape index (κ1) is 16.6. The van der Waals surface area contributed by atoms with E-state index in [1.54, 1.807) is 6.07 Å². The highest BCUT2D eigenvalue weighted by Crippen LogP contribution is 2.29. The molecule has 3 rings (SSSR count). The van der Waals surface area contributed by atoms with Crippen LogP contribution < -0.4 is 9.62 Å². The van der Waals surface area contributed by atoms with E-state index in [9.17, 15) is 8.42 Å². The molecular formula is C16H19N5O2S. The van der Waals surface area contributed by atoms with E-state index in [4.69, 9.17) is 6.57 Å². The predicted molar refractivity (Wildman–Crippen MR) is 93.6 cm³/mol. The van der Waals surface area contributed by atoms with Crippen LogP contribution in [0.3, 0.4) is 0 Å². The molecule has 0 amide bonds. The van der Waals surface area contributed by atoms with Gasteiger partial charge in [0.1, 0.15) is 12.1 Å². The Morgan fingerprint density at radius 3 is 3.00 bits per heavy atom. The van der Waals surface area contributed by atoms with Crippen molar-refractivity contribution in [3.8, 4) is 0 Å². The van der Waals surface area contributed by atoms with E-state index in [0.717, 1.165) is 42.7 Å². The lowest BCUT2D eigenvalue weighted by molar-refractivity contribution is 0.410. The van der Waals surface area contributed by atoms with Crippen LogP contribution in [0, 0.1) is 12.5 Å². The molecule has 0 bridgehead atoms. The molecule has 1 aromatic heterocycles. The zero-order valence-corrected chi connectivity index (χ0v) is 14.3. The van der Waals surface area contributed by atoms with Crippen molar-refractivity contribution in [3.05, 3.63) is 35.9 Å². The lowest BCUT2D eigenvalue weighted by Gasteiger charge is -2.34. The molecule has 1 N–H and O–H groups in total. The molecule has 0 saturated carbocycles. The molecule has 0 radical (unpaired) electrons. The van der Waals surface area contributed by atoms with E-state index in [0.29, 0.717) is 12.2 Å². The highest BCUT2D eigenvalue weighted by Gasteiger charge is 2.23. The molecule has 2 aromatic rings. The summed E-state index contributed by atoms with van der Waals surface area (Å²) in [6.45, 7) is 9.22. The van der Waals surface area contributed by atoms with Crippen LogP contribution in [0.25, 0.3) is 15.7 Å². The van der Waals surface area contributed by atoms with Gasteiger partial charge in [0.05, 0.1) is 18.3 Å². The maximum absolute atomic E-state index is 11.3. The molecule has 1 atom stereocenters. The van der Waals surface area contributed by atoms with Gasteiger partial charge in [-0.15, -0.1) is 0 Å². The van der Waals surface area contributed by atoms with Crippen molar-refractivity contribution in [1.82, 2.24) is 14.7 Å². The number of hydrogen-bond acceptors (Lipinski definition) is 5. The first-order chi connectivity index (χ1) is 11.5. The van der Waals surface area contributed by atoms with Crippen molar-refractivity contribution in [2.24, 2.45) is 5.92 Å². The van der Waals surface area contributed by atoms with Gasteiger partial charge in [0, 0.05) is 25.0 Å². The Bertz CT molecular complexity index is 891. The number of benzene rings is 1. The highest BCUT2D eigenvalue weighted by molar-refractivity contribution is 7.88. The van der Waals surface area contributed by atoms with Crippen molar-refractivity contribution < 1.29 is 8.42 Å². The van der Waals surface area contributed by atoms with Crippen molar-refractivity contribution >= 4 is 32.4 Å². The maximum atomic E-state index is 11.3. The van der Waals surface area contributed by atoms with Crippen LogP contribution in [0.5, 0.6) is 0 Å². The van der Waals surface area contributed by atoms with E-state index in [-0.39, 0.29) is 5.92 Å². The number of aromatic nitrogens is 2. The van der Waals surface area contributed by atoms with Gasteiger partial charge in [-0.05, 0) is 30.9 Å². The summed E-state index contributed by atoms with van der Waals surface area (Å²) in [4.78, 5) is 14.3. The number of nitrogens with one attached hydrogen (secondary N) is 1. The van der Waals surface area contributed by atoms with Crippen LogP contribution in [-0.4, -0.2) is 44.3 Å². The number of hydrogen-bond donors (Lipinski definition) is 1. The SMILES string of the molecule is [C-]#[N+]c1ccc2ncnc(N3CCCC(CNS(C)(=O)=O)C3)c2c1. The molecule has 7 nitrogen and oxygen atoms in total. The summed E-state index contributed by atoms with van der Waals surface area (Å²) in [5.74, 6) is 1.05. The first-order valence-corrected chi connectivity index (χ1v) is 9.67. The zero-order valence-electron chi connectivity index (χ0n) is 13.4. The molecule has 1 aliphatic rings. The minimum atomic E-state index is -3.18. The Morgan fingerprint density at radius 2 is 2.25 bits per heavy atom. The van der Waals surface area contributed by atoms with Crippen LogP contribution in [0.2, 0.25) is 0 Å². The molecular weight excluding hydrogens is 326 g/mol. The van der Waals surface area contributed by atoms with E-state index in [1.807, 2.05) is 12.1 Å². The molecule has 24 heavy (non-hydrogen) atoms. The Morgan fingerprint density at radius 1 is 1.42 bits per heavy atom. The fourth-order valence-electron chi connectivity index (χ4n) is 3.05. The summed E-state index contributed by atoms with van der Waals surface area (Å²) in [6, 6.07) is 5.40. The smallest absolute Gasteiger partial charge is 0.208 e. The minimum Gasteiger partial charge on any atom is -0.356 e. The third-order valence-corrected chi connectivity index (χ3v) is 4.87. The van der Waals surface area contributed by atoms with E-state index in [2.05, 4.69) is 24.4 Å². The number of rotatable bonds is 4. The van der Waals surface area contributed by atoms with E-state index >= 15 is 0 Å². The van der Waals surface area contributed by atoms with Crippen molar-refractivity contribution in [2.45, 2.75) is 12.8 Å². The van der Waals surface area contributed by atoms with Gasteiger partial charge in [-0.1, -0.05) is 6.07 Å². The van der Waals surface area contributed by atoms with Gasteiger partial charge in [-0.2, -0.15) is 0 Å². The second kappa shape index (κ2) is 6.71. The van der Waals surface area contributed by atoms with Gasteiger partial charge < -0.3 is 4.90 Å². The molecule has 1 aliphatic heterocycles. The van der Waals surface area contributed by atoms with E-state index < -0.39 is 10.0 Å². The van der Waals surface area contributed by atoms with Crippen LogP contribution in [-0.2, 0) is 10.0 Å². The van der Waals surface area contributed by atoms with Gasteiger partial charge >= 0.3 is 0 Å². The third-order valence-electron chi connectivity index (χ3n) is 4.18. The molecule has 1 fully saturated rings. The van der Waals surface area contributed by atoms with Crippen LogP contribution in [0.15, 0.2) is 24.5 Å². The lowest BCUT2D eigenvalue weighted by Crippen LogP contribution is -2.41. The van der Waals surface area contributed by atoms with Crippen molar-refractivity contribution in [3.63, 3.8) is 0 Å². The second-order valence-electron chi connectivity index (χ2n) is 6.09. The number of piperidine rings is 1. The Hall–Kier alpha value is -2.24. The molecule has 126 valence electrons. The van der Waals surface area contributed by atoms with Gasteiger partial charge in [-0.3, -0.25) is 0 Å². The summed E-state index contributed by atoms with van der Waals surface area (Å²) in [5.41, 5.74) is 1.37. The monoisotopic (exact) mass is 345 g/mol. The molecule has 1 saturated heterocycles. The third kappa shape index (κ3) is 3.80. The largest absolute Gasteiger partial charge is 0.356 e. The molecule has 0 aliphatic carbocycles. The topological polar surface area (TPSA) is 79.6 Å². The van der Waals surface area contributed by atoms with E-state index in [1.165, 1.54) is 12.6 Å². The molecule has 1 aromatic carbocycles. The van der Waals surface area contributed by atoms with Gasteiger partial charge in [-0.25, -0.2) is 28.0 Å². The van der Waals surface area contributed by atoms with Gasteiger partial charge in [0.25, 0.3) is 0 Å². The molecule has 8 heteroatoms. The average Bonchev–Trinajstić information content (AvgIpc) is 2.58. The number of fused-ring (bicyclic) bond motifs is 1. The van der Waals surface area contributed by atoms with Crippen molar-refractivity contribution in [2.75, 3.05) is 30.8 Å². The van der Waals surface area contributed by atoms with Gasteiger partial charge in [0.15, 0.2) is 5.69 Å². The summed E-state index contributed by atoms with van der Waals surface area (Å²) < 4.78 is 25.2. The summed E-state index contributed by atoms with van der Waals surface area (Å²) in [6.07, 6.45) is 4.67. The van der Waals surface area contributed by atoms with Crippen molar-refractivity contribution in [1.29, 1.82) is 0 Å². The molecule has 0 spiro atoms. The quantitative estimate of drug-likeness (QED) is 0.857. The lowest BCUT2D eigenvalue weighted by atomic mass is 9.98. The normalized spacial score (nSPS) is 18.5. The summed E-state index contributed by atoms with van der Waals surface area (Å²) in [5, 5.41) is 0.864. The second-order valence-corrected chi connectivity index (χ2v) is 7.92. The standard InChI is InChI=1S/C16H19N5O2S/c1-17-13-5-6-15-14(8-13)16(19-11-18-15)21-7-3-4-12(10-21)9-20-24(2,22)23/h5-6,8,11-12,20H,3-4,7,9-10H2,2H3. The fourth-order valence-corrected chi connectivity index (χ4v) is 3.58. The predicted octanol–water partition coefficient (Wildman–Crippen LogP) is 1.95. The van der Waals surface area contributed by atoms with Crippen LogP contribution in [0.1, 0.15) is 12.8 Å². The molecule has 2 heterocycles. The number of sulfonamides is 1. The number of anilines is 1. The Kier molecular flexibility index (Phi) is 4.64. The molecule has 1 unspecified atom stereocenters. The highest BCUT2D eigenvalue weighted by atomic mass is 32.2. The Balaban J connectivity index is 1.85. The van der Waals surface area contributed by atoms with Crippen LogP contribution in [0.4, 0.5) is 11.5 Å². The first-order valence-electron chi connectivity index (χ1n) is 7.78. The minimum absolute atomic E-state index is 0.238. The van der Waals surface area contributed by atoms with Crippen LogP contribution >= 0.6 is 0 Å². The van der Waals surface area contributed by atoms with Gasteiger partial charge in [0.2, 0.25) is 10.0 Å². The summed E-state index contributed by atoms with van der Waals surface area (Å²) >= 11 is 0. The maximum Gasteiger partial charge on any atom is 0.208 e. The number of nitrogens with zero attached hydrogens (tertiary/aromatic N) is 4. The zero-order chi connectivity index (χ0) is 17.2.